The number of phenolic OH excluding ortho intramolecular Hbond substituents is 1. The number of rotatable bonds is 5. The van der Waals surface area contributed by atoms with Crippen molar-refractivity contribution in [2.45, 2.75) is 26.7 Å². The Kier molecular flexibility index (Phi) is 4.71. The summed E-state index contributed by atoms with van der Waals surface area (Å²) < 4.78 is 0. The van der Waals surface area contributed by atoms with Gasteiger partial charge in [-0.15, -0.1) is 0 Å². The van der Waals surface area contributed by atoms with E-state index in [1.54, 1.807) is 6.92 Å². The molecule has 18 heavy (non-hydrogen) atoms. The molecule has 5 heteroatoms. The Morgan fingerprint density at radius 2 is 2.00 bits per heavy atom. The molecule has 0 aromatic heterocycles. The van der Waals surface area contributed by atoms with Crippen molar-refractivity contribution in [3.8, 4) is 5.75 Å². The van der Waals surface area contributed by atoms with Crippen LogP contribution in [0.3, 0.4) is 0 Å². The average molecular weight is 250 g/mol. The number of hydrogen-bond donors (Lipinski definition) is 3. The summed E-state index contributed by atoms with van der Waals surface area (Å²) in [6.07, 6.45) is 1.24. The lowest BCUT2D eigenvalue weighted by molar-refractivity contribution is 0.0950. The number of phenols is 1. The van der Waals surface area contributed by atoms with Crippen LogP contribution in [0, 0.1) is 0 Å². The number of benzene rings is 1. The van der Waals surface area contributed by atoms with Gasteiger partial charge in [-0.25, -0.2) is 0 Å². The number of amides is 2. The van der Waals surface area contributed by atoms with Crippen LogP contribution < -0.4 is 11.1 Å². The van der Waals surface area contributed by atoms with Gasteiger partial charge in [0, 0.05) is 12.1 Å². The molecule has 0 bridgehead atoms. The van der Waals surface area contributed by atoms with Gasteiger partial charge in [0.15, 0.2) is 0 Å². The summed E-state index contributed by atoms with van der Waals surface area (Å²) in [6.45, 7) is 4.25. The minimum atomic E-state index is -0.601. The average Bonchev–Trinajstić information content (AvgIpc) is 2.34. The predicted octanol–water partition coefficient (Wildman–Crippen LogP) is 1.19. The summed E-state index contributed by atoms with van der Waals surface area (Å²) in [6, 6.07) is 2.76. The highest BCUT2D eigenvalue weighted by atomic mass is 16.3. The zero-order chi connectivity index (χ0) is 13.7. The maximum absolute atomic E-state index is 12.0. The topological polar surface area (TPSA) is 92.4 Å². The normalized spacial score (nSPS) is 10.1. The largest absolute Gasteiger partial charge is 0.507 e. The zero-order valence-electron chi connectivity index (χ0n) is 10.6. The molecule has 4 N–H and O–H groups in total. The summed E-state index contributed by atoms with van der Waals surface area (Å²) in [7, 11) is 0. The summed E-state index contributed by atoms with van der Waals surface area (Å²) in [5, 5.41) is 12.5. The minimum absolute atomic E-state index is 0.134. The molecule has 5 nitrogen and oxygen atoms in total. The fourth-order valence-electron chi connectivity index (χ4n) is 1.81. The first-order valence-electron chi connectivity index (χ1n) is 5.95. The first kappa shape index (κ1) is 14.0. The molecule has 0 aliphatic rings. The highest BCUT2D eigenvalue weighted by molar-refractivity contribution is 6.03. The van der Waals surface area contributed by atoms with E-state index in [0.29, 0.717) is 18.5 Å². The Hall–Kier alpha value is -2.04. The van der Waals surface area contributed by atoms with Gasteiger partial charge in [0.25, 0.3) is 5.91 Å². The van der Waals surface area contributed by atoms with Crippen LogP contribution in [0.25, 0.3) is 0 Å². The predicted molar refractivity (Wildman–Crippen MR) is 68.6 cm³/mol. The third kappa shape index (κ3) is 2.80. The lowest BCUT2D eigenvalue weighted by atomic mass is 9.96. The molecule has 98 valence electrons. The van der Waals surface area contributed by atoms with E-state index in [2.05, 4.69) is 5.32 Å². The van der Waals surface area contributed by atoms with Gasteiger partial charge in [0.05, 0.1) is 5.56 Å². The molecule has 2 amide bonds. The third-order valence-corrected chi connectivity index (χ3v) is 2.67. The first-order valence-corrected chi connectivity index (χ1v) is 5.95. The van der Waals surface area contributed by atoms with Gasteiger partial charge in [-0.2, -0.15) is 0 Å². The number of aromatic hydroxyl groups is 1. The van der Waals surface area contributed by atoms with Crippen molar-refractivity contribution in [2.24, 2.45) is 5.73 Å². The lowest BCUT2D eigenvalue weighted by Gasteiger charge is -2.13. The molecular weight excluding hydrogens is 232 g/mol. The van der Waals surface area contributed by atoms with E-state index in [-0.39, 0.29) is 22.8 Å². The van der Waals surface area contributed by atoms with Crippen LogP contribution in [0.5, 0.6) is 5.75 Å². The van der Waals surface area contributed by atoms with Crippen molar-refractivity contribution in [3.05, 3.63) is 28.8 Å². The molecule has 0 aliphatic heterocycles. The van der Waals surface area contributed by atoms with Gasteiger partial charge in [-0.3, -0.25) is 9.59 Å². The molecule has 0 unspecified atom stereocenters. The van der Waals surface area contributed by atoms with Gasteiger partial charge in [-0.1, -0.05) is 13.8 Å². The van der Waals surface area contributed by atoms with Crippen LogP contribution in [0.4, 0.5) is 0 Å². The van der Waals surface area contributed by atoms with Crippen molar-refractivity contribution < 1.29 is 14.7 Å². The summed E-state index contributed by atoms with van der Waals surface area (Å²) >= 11 is 0. The second-order valence-electron chi connectivity index (χ2n) is 3.96. The molecule has 0 radical (unpaired) electrons. The van der Waals surface area contributed by atoms with Crippen molar-refractivity contribution in [3.63, 3.8) is 0 Å². The van der Waals surface area contributed by atoms with Crippen molar-refractivity contribution in [2.75, 3.05) is 6.54 Å². The van der Waals surface area contributed by atoms with E-state index in [0.717, 1.165) is 6.42 Å². The third-order valence-electron chi connectivity index (χ3n) is 2.67. The van der Waals surface area contributed by atoms with Gasteiger partial charge >= 0.3 is 0 Å². The Balaban J connectivity index is 3.27. The quantitative estimate of drug-likeness (QED) is 0.733. The SMILES string of the molecule is CCCNC(=O)c1c(O)ccc(C(N)=O)c1CC. The summed E-state index contributed by atoms with van der Waals surface area (Å²) in [5.74, 6) is -1.11. The number of nitrogens with two attached hydrogens (primary N) is 1. The van der Waals surface area contributed by atoms with Crippen molar-refractivity contribution in [1.29, 1.82) is 0 Å². The van der Waals surface area contributed by atoms with Gasteiger partial charge in [0.2, 0.25) is 5.91 Å². The lowest BCUT2D eigenvalue weighted by Crippen LogP contribution is -2.26. The van der Waals surface area contributed by atoms with Gasteiger partial charge < -0.3 is 16.2 Å². The fraction of sp³-hybridized carbons (Fsp3) is 0.385. The molecule has 1 rings (SSSR count). The van der Waals surface area contributed by atoms with Crippen LogP contribution >= 0.6 is 0 Å². The molecule has 0 spiro atoms. The second-order valence-corrected chi connectivity index (χ2v) is 3.96. The Morgan fingerprint density at radius 1 is 1.33 bits per heavy atom. The zero-order valence-corrected chi connectivity index (χ0v) is 10.6. The summed E-state index contributed by atoms with van der Waals surface area (Å²) in [4.78, 5) is 23.2. The van der Waals surface area contributed by atoms with Crippen LogP contribution in [0.15, 0.2) is 12.1 Å². The molecule has 1 aromatic carbocycles. The molecule has 0 saturated heterocycles. The van der Waals surface area contributed by atoms with Crippen LogP contribution in [-0.2, 0) is 6.42 Å². The number of carbonyl (C=O) groups is 2. The fourth-order valence-corrected chi connectivity index (χ4v) is 1.81. The first-order chi connectivity index (χ1) is 8.52. The van der Waals surface area contributed by atoms with Gasteiger partial charge in [0.1, 0.15) is 5.75 Å². The molecule has 0 fully saturated rings. The van der Waals surface area contributed by atoms with E-state index < -0.39 is 5.91 Å². The number of carbonyl (C=O) groups excluding carboxylic acids is 2. The molecule has 0 heterocycles. The molecule has 1 aromatic rings. The molecule has 0 aliphatic carbocycles. The molecule has 0 saturated carbocycles. The van der Waals surface area contributed by atoms with E-state index in [4.69, 9.17) is 5.73 Å². The van der Waals surface area contributed by atoms with Crippen molar-refractivity contribution in [1.82, 2.24) is 5.32 Å². The smallest absolute Gasteiger partial charge is 0.255 e. The maximum atomic E-state index is 12.0. The van der Waals surface area contributed by atoms with E-state index in [1.807, 2.05) is 6.92 Å². The van der Waals surface area contributed by atoms with Crippen LogP contribution in [0.2, 0.25) is 0 Å². The summed E-state index contributed by atoms with van der Waals surface area (Å²) in [5.41, 5.74) is 6.16. The Labute approximate surface area is 106 Å². The number of hydrogen-bond acceptors (Lipinski definition) is 3. The van der Waals surface area contributed by atoms with Crippen LogP contribution in [-0.4, -0.2) is 23.5 Å². The van der Waals surface area contributed by atoms with Gasteiger partial charge in [-0.05, 0) is 30.5 Å². The van der Waals surface area contributed by atoms with Crippen LogP contribution in [0.1, 0.15) is 46.5 Å². The molecule has 0 atom stereocenters. The monoisotopic (exact) mass is 250 g/mol. The minimum Gasteiger partial charge on any atom is -0.507 e. The highest BCUT2D eigenvalue weighted by Gasteiger charge is 2.20. The number of primary amides is 1. The van der Waals surface area contributed by atoms with E-state index >= 15 is 0 Å². The molecular formula is C13H18N2O3. The second kappa shape index (κ2) is 6.05. The Bertz CT molecular complexity index is 470. The number of nitrogens with one attached hydrogen (secondary N) is 1. The van der Waals surface area contributed by atoms with Crippen molar-refractivity contribution >= 4 is 11.8 Å². The van der Waals surface area contributed by atoms with E-state index in [9.17, 15) is 14.7 Å². The van der Waals surface area contributed by atoms with E-state index in [1.165, 1.54) is 12.1 Å². The Morgan fingerprint density at radius 3 is 2.50 bits per heavy atom. The highest BCUT2D eigenvalue weighted by Crippen LogP contribution is 2.25. The maximum Gasteiger partial charge on any atom is 0.255 e. The standard InChI is InChI=1S/C13H18N2O3/c1-3-7-15-13(18)11-8(4-2)9(12(14)17)5-6-10(11)16/h5-6,16H,3-4,7H2,1-2H3,(H2,14,17)(H,15,18).